The average Bonchev–Trinajstić information content (AvgIpc) is 2.39. The Balaban J connectivity index is 2.03. The Kier molecular flexibility index (Phi) is 2.41. The van der Waals surface area contributed by atoms with Crippen molar-refractivity contribution in [3.8, 4) is 11.4 Å². The highest BCUT2D eigenvalue weighted by Gasteiger charge is 2.11. The maximum atomic E-state index is 4.72. The van der Waals surface area contributed by atoms with Gasteiger partial charge in [-0.3, -0.25) is 9.97 Å². The van der Waals surface area contributed by atoms with E-state index in [1.807, 2.05) is 24.4 Å². The number of hydrogen-bond acceptors (Lipinski definition) is 2. The molecule has 0 aliphatic heterocycles. The number of rotatable bonds is 1. The number of pyridine rings is 2. The zero-order valence-electron chi connectivity index (χ0n) is 9.19. The molecule has 16 heavy (non-hydrogen) atoms. The van der Waals surface area contributed by atoms with E-state index in [1.54, 1.807) is 0 Å². The van der Waals surface area contributed by atoms with Crippen LogP contribution < -0.4 is 0 Å². The first-order valence-corrected chi connectivity index (χ1v) is 5.84. The molecule has 0 aromatic carbocycles. The van der Waals surface area contributed by atoms with Crippen LogP contribution in [0.3, 0.4) is 0 Å². The van der Waals surface area contributed by atoms with E-state index in [0.29, 0.717) is 0 Å². The highest BCUT2D eigenvalue weighted by atomic mass is 14.8. The van der Waals surface area contributed by atoms with Gasteiger partial charge in [0.15, 0.2) is 0 Å². The summed E-state index contributed by atoms with van der Waals surface area (Å²) in [5, 5.41) is 0. The molecule has 2 aromatic rings. The molecule has 2 nitrogen and oxygen atoms in total. The lowest BCUT2D eigenvalue weighted by Gasteiger charge is -2.15. The van der Waals surface area contributed by atoms with E-state index in [4.69, 9.17) is 4.98 Å². The summed E-state index contributed by atoms with van der Waals surface area (Å²) < 4.78 is 0. The molecule has 0 saturated carbocycles. The first kappa shape index (κ1) is 9.52. The highest BCUT2D eigenvalue weighted by Crippen LogP contribution is 2.22. The first-order valence-electron chi connectivity index (χ1n) is 5.84. The molecule has 2 aromatic heterocycles. The van der Waals surface area contributed by atoms with E-state index in [2.05, 4.69) is 17.1 Å². The quantitative estimate of drug-likeness (QED) is 0.723. The van der Waals surface area contributed by atoms with Crippen LogP contribution in [0.4, 0.5) is 0 Å². The van der Waals surface area contributed by atoms with Gasteiger partial charge in [0.1, 0.15) is 0 Å². The highest BCUT2D eigenvalue weighted by molar-refractivity contribution is 5.54. The number of aromatic nitrogens is 2. The van der Waals surface area contributed by atoms with Gasteiger partial charge in [-0.15, -0.1) is 0 Å². The third-order valence-corrected chi connectivity index (χ3v) is 3.11. The van der Waals surface area contributed by atoms with Crippen LogP contribution in [0.25, 0.3) is 11.4 Å². The van der Waals surface area contributed by atoms with Crippen molar-refractivity contribution in [1.82, 2.24) is 9.97 Å². The summed E-state index contributed by atoms with van der Waals surface area (Å²) in [5.41, 5.74) is 4.66. The third kappa shape index (κ3) is 1.71. The third-order valence-electron chi connectivity index (χ3n) is 3.11. The van der Waals surface area contributed by atoms with Crippen LogP contribution in [0.1, 0.15) is 24.1 Å². The molecule has 0 spiro atoms. The van der Waals surface area contributed by atoms with Gasteiger partial charge in [0.2, 0.25) is 0 Å². The van der Waals surface area contributed by atoms with Gasteiger partial charge in [0, 0.05) is 11.9 Å². The van der Waals surface area contributed by atoms with Crippen molar-refractivity contribution in [1.29, 1.82) is 0 Å². The number of nitrogens with zero attached hydrogens (tertiary/aromatic N) is 2. The number of aryl methyl sites for hydroxylation is 2. The lowest BCUT2D eigenvalue weighted by molar-refractivity contribution is 0.668. The fraction of sp³-hybridized carbons (Fsp3) is 0.286. The molecular weight excluding hydrogens is 196 g/mol. The maximum Gasteiger partial charge on any atom is 0.0889 e. The molecule has 0 saturated heterocycles. The molecule has 0 radical (unpaired) electrons. The topological polar surface area (TPSA) is 25.8 Å². The predicted octanol–water partition coefficient (Wildman–Crippen LogP) is 3.02. The molecule has 0 atom stereocenters. The number of hydrogen-bond donors (Lipinski definition) is 0. The Bertz CT molecular complexity index is 491. The molecule has 0 fully saturated rings. The van der Waals surface area contributed by atoms with E-state index in [1.165, 1.54) is 30.5 Å². The molecule has 2 heterocycles. The van der Waals surface area contributed by atoms with Crippen LogP contribution in [-0.2, 0) is 12.8 Å². The minimum absolute atomic E-state index is 0.968. The monoisotopic (exact) mass is 210 g/mol. The van der Waals surface area contributed by atoms with Gasteiger partial charge < -0.3 is 0 Å². The largest absolute Gasteiger partial charge is 0.255 e. The zero-order valence-corrected chi connectivity index (χ0v) is 9.19. The van der Waals surface area contributed by atoms with E-state index < -0.39 is 0 Å². The van der Waals surface area contributed by atoms with Crippen molar-refractivity contribution < 1.29 is 0 Å². The van der Waals surface area contributed by atoms with Crippen LogP contribution in [-0.4, -0.2) is 9.97 Å². The molecule has 3 rings (SSSR count). The molecule has 1 aliphatic carbocycles. The van der Waals surface area contributed by atoms with Crippen molar-refractivity contribution in [2.45, 2.75) is 25.7 Å². The van der Waals surface area contributed by atoms with Crippen molar-refractivity contribution in [3.05, 3.63) is 47.8 Å². The van der Waals surface area contributed by atoms with Gasteiger partial charge in [0.25, 0.3) is 0 Å². The molecular formula is C14H14N2. The van der Waals surface area contributed by atoms with Crippen molar-refractivity contribution in [2.24, 2.45) is 0 Å². The molecule has 0 N–H and O–H groups in total. The van der Waals surface area contributed by atoms with Gasteiger partial charge in [-0.1, -0.05) is 12.1 Å². The van der Waals surface area contributed by atoms with Gasteiger partial charge in [-0.2, -0.15) is 0 Å². The SMILES string of the molecule is c1ccc(-c2ccc3c(n2)CCCC3)nc1. The minimum atomic E-state index is 0.968. The van der Waals surface area contributed by atoms with Crippen LogP contribution in [0, 0.1) is 0 Å². The summed E-state index contributed by atoms with van der Waals surface area (Å²) in [7, 11) is 0. The Hall–Kier alpha value is -1.70. The second-order valence-electron chi connectivity index (χ2n) is 4.22. The second kappa shape index (κ2) is 4.05. The molecule has 80 valence electrons. The molecule has 2 heteroatoms. The van der Waals surface area contributed by atoms with Crippen molar-refractivity contribution >= 4 is 0 Å². The van der Waals surface area contributed by atoms with Gasteiger partial charge >= 0.3 is 0 Å². The molecule has 0 bridgehead atoms. The number of fused-ring (bicyclic) bond motifs is 1. The van der Waals surface area contributed by atoms with E-state index in [9.17, 15) is 0 Å². The lowest BCUT2D eigenvalue weighted by atomic mass is 9.95. The van der Waals surface area contributed by atoms with E-state index >= 15 is 0 Å². The smallest absolute Gasteiger partial charge is 0.0889 e. The fourth-order valence-corrected chi connectivity index (χ4v) is 2.24. The molecule has 0 amide bonds. The Labute approximate surface area is 95.4 Å². The molecule has 0 unspecified atom stereocenters. The standard InChI is InChI=1S/C14H14N2/c1-2-6-12-11(5-1)8-9-14(16-12)13-7-3-4-10-15-13/h3-4,7-10H,1-2,5-6H2. The van der Waals surface area contributed by atoms with Crippen molar-refractivity contribution in [2.75, 3.05) is 0 Å². The van der Waals surface area contributed by atoms with E-state index in [-0.39, 0.29) is 0 Å². The summed E-state index contributed by atoms with van der Waals surface area (Å²) in [6.45, 7) is 0. The van der Waals surface area contributed by atoms with E-state index in [0.717, 1.165) is 17.8 Å². The summed E-state index contributed by atoms with van der Waals surface area (Å²) in [6.07, 6.45) is 6.70. The predicted molar refractivity (Wildman–Crippen MR) is 64.1 cm³/mol. The maximum absolute atomic E-state index is 4.72. The van der Waals surface area contributed by atoms with Gasteiger partial charge in [0.05, 0.1) is 11.4 Å². The minimum Gasteiger partial charge on any atom is -0.255 e. The molecule has 1 aliphatic rings. The zero-order chi connectivity index (χ0) is 10.8. The fourth-order valence-electron chi connectivity index (χ4n) is 2.24. The van der Waals surface area contributed by atoms with Crippen LogP contribution in [0.15, 0.2) is 36.5 Å². The van der Waals surface area contributed by atoms with Crippen LogP contribution >= 0.6 is 0 Å². The van der Waals surface area contributed by atoms with Gasteiger partial charge in [-0.05, 0) is 49.4 Å². The van der Waals surface area contributed by atoms with Crippen LogP contribution in [0.2, 0.25) is 0 Å². The Morgan fingerprint density at radius 3 is 2.69 bits per heavy atom. The first-order chi connectivity index (χ1) is 7.93. The Morgan fingerprint density at radius 1 is 0.875 bits per heavy atom. The average molecular weight is 210 g/mol. The normalized spacial score (nSPS) is 14.5. The van der Waals surface area contributed by atoms with Crippen molar-refractivity contribution in [3.63, 3.8) is 0 Å². The van der Waals surface area contributed by atoms with Crippen LogP contribution in [0.5, 0.6) is 0 Å². The lowest BCUT2D eigenvalue weighted by Crippen LogP contribution is -2.05. The Morgan fingerprint density at radius 2 is 1.81 bits per heavy atom. The summed E-state index contributed by atoms with van der Waals surface area (Å²) >= 11 is 0. The summed E-state index contributed by atoms with van der Waals surface area (Å²) in [4.78, 5) is 9.06. The second-order valence-corrected chi connectivity index (χ2v) is 4.22. The van der Waals surface area contributed by atoms with Gasteiger partial charge in [-0.25, -0.2) is 0 Å². The summed E-state index contributed by atoms with van der Waals surface area (Å²) in [6, 6.07) is 10.3. The summed E-state index contributed by atoms with van der Waals surface area (Å²) in [5.74, 6) is 0.